The van der Waals surface area contributed by atoms with Crippen LogP contribution >= 0.6 is 0 Å². The van der Waals surface area contributed by atoms with Gasteiger partial charge in [0.2, 0.25) is 11.7 Å². The molecular formula is C16H24N6O2. The van der Waals surface area contributed by atoms with Crippen molar-refractivity contribution in [2.45, 2.75) is 13.5 Å². The SMILES string of the molecule is C[C@@H](CNC(=O)N(C)Cc1nc(-c2ccncc2)no1)CN(C)C. The first-order valence-electron chi connectivity index (χ1n) is 7.82. The number of rotatable bonds is 7. The first-order chi connectivity index (χ1) is 11.5. The Kier molecular flexibility index (Phi) is 6.25. The third-order valence-corrected chi connectivity index (χ3v) is 3.40. The molecule has 0 radical (unpaired) electrons. The Bertz CT molecular complexity index is 643. The van der Waals surface area contributed by atoms with Crippen LogP contribution in [0.15, 0.2) is 29.0 Å². The fourth-order valence-corrected chi connectivity index (χ4v) is 2.30. The fourth-order valence-electron chi connectivity index (χ4n) is 2.30. The maximum Gasteiger partial charge on any atom is 0.317 e. The van der Waals surface area contributed by atoms with Crippen LogP contribution in [-0.2, 0) is 6.54 Å². The normalized spacial score (nSPS) is 12.2. The molecule has 1 atom stereocenters. The van der Waals surface area contributed by atoms with Gasteiger partial charge in [0.1, 0.15) is 6.54 Å². The van der Waals surface area contributed by atoms with Gasteiger partial charge in [-0.1, -0.05) is 12.1 Å². The number of amides is 2. The Morgan fingerprint density at radius 3 is 2.67 bits per heavy atom. The molecule has 0 aliphatic rings. The molecule has 2 aromatic rings. The summed E-state index contributed by atoms with van der Waals surface area (Å²) in [4.78, 5) is 24.0. The summed E-state index contributed by atoms with van der Waals surface area (Å²) < 4.78 is 5.21. The number of aromatic nitrogens is 3. The Morgan fingerprint density at radius 2 is 2.00 bits per heavy atom. The van der Waals surface area contributed by atoms with Crippen molar-refractivity contribution in [2.24, 2.45) is 5.92 Å². The molecule has 0 bridgehead atoms. The Morgan fingerprint density at radius 1 is 1.29 bits per heavy atom. The molecule has 2 heterocycles. The molecule has 0 unspecified atom stereocenters. The second-order valence-electron chi connectivity index (χ2n) is 6.16. The summed E-state index contributed by atoms with van der Waals surface area (Å²) in [6, 6.07) is 3.44. The molecule has 8 heteroatoms. The Balaban J connectivity index is 1.85. The zero-order valence-electron chi connectivity index (χ0n) is 14.6. The molecule has 130 valence electrons. The topological polar surface area (TPSA) is 87.4 Å². The lowest BCUT2D eigenvalue weighted by Crippen LogP contribution is -2.40. The standard InChI is InChI=1S/C16H24N6O2/c1-12(10-21(2)3)9-18-16(23)22(4)11-14-19-15(20-24-14)13-5-7-17-8-6-13/h5-8,12H,9-11H2,1-4H3,(H,18,23)/t12-/m0/s1. The second kappa shape index (κ2) is 8.39. The van der Waals surface area contributed by atoms with E-state index in [4.69, 9.17) is 4.52 Å². The van der Waals surface area contributed by atoms with Crippen molar-refractivity contribution < 1.29 is 9.32 Å². The monoisotopic (exact) mass is 332 g/mol. The molecule has 2 rings (SSSR count). The van der Waals surface area contributed by atoms with Crippen LogP contribution in [0.3, 0.4) is 0 Å². The number of nitrogens with zero attached hydrogens (tertiary/aromatic N) is 5. The molecular weight excluding hydrogens is 308 g/mol. The first-order valence-corrected chi connectivity index (χ1v) is 7.82. The van der Waals surface area contributed by atoms with E-state index in [0.717, 1.165) is 12.1 Å². The highest BCUT2D eigenvalue weighted by atomic mass is 16.5. The molecule has 2 amide bonds. The number of urea groups is 1. The van der Waals surface area contributed by atoms with E-state index in [0.29, 0.717) is 24.2 Å². The molecule has 1 N–H and O–H groups in total. The highest BCUT2D eigenvalue weighted by Crippen LogP contribution is 2.14. The predicted molar refractivity (Wildman–Crippen MR) is 90.1 cm³/mol. The summed E-state index contributed by atoms with van der Waals surface area (Å²) in [6.45, 7) is 3.89. The van der Waals surface area contributed by atoms with Gasteiger partial charge in [0.05, 0.1) is 0 Å². The van der Waals surface area contributed by atoms with Gasteiger partial charge in [0, 0.05) is 38.1 Å². The van der Waals surface area contributed by atoms with E-state index in [2.05, 4.69) is 32.3 Å². The second-order valence-corrected chi connectivity index (χ2v) is 6.16. The van der Waals surface area contributed by atoms with Gasteiger partial charge in [-0.25, -0.2) is 4.79 Å². The molecule has 0 fully saturated rings. The molecule has 0 saturated heterocycles. The molecule has 8 nitrogen and oxygen atoms in total. The van der Waals surface area contributed by atoms with E-state index < -0.39 is 0 Å². The van der Waals surface area contributed by atoms with Crippen molar-refractivity contribution in [1.29, 1.82) is 0 Å². The third-order valence-electron chi connectivity index (χ3n) is 3.40. The summed E-state index contributed by atoms with van der Waals surface area (Å²) in [5, 5.41) is 6.84. The van der Waals surface area contributed by atoms with Crippen LogP contribution in [0.4, 0.5) is 4.79 Å². The van der Waals surface area contributed by atoms with E-state index in [9.17, 15) is 4.79 Å². The van der Waals surface area contributed by atoms with Crippen LogP contribution in [0.25, 0.3) is 11.4 Å². The summed E-state index contributed by atoms with van der Waals surface area (Å²) in [6.07, 6.45) is 3.33. The molecule has 0 aliphatic carbocycles. The molecule has 24 heavy (non-hydrogen) atoms. The quantitative estimate of drug-likeness (QED) is 0.826. The number of carbonyl (C=O) groups excluding carboxylic acids is 1. The van der Waals surface area contributed by atoms with E-state index in [1.807, 2.05) is 14.1 Å². The number of carbonyl (C=O) groups is 1. The minimum absolute atomic E-state index is 0.163. The lowest BCUT2D eigenvalue weighted by atomic mass is 10.2. The van der Waals surface area contributed by atoms with Crippen LogP contribution in [0.5, 0.6) is 0 Å². The maximum atomic E-state index is 12.1. The van der Waals surface area contributed by atoms with Crippen molar-refractivity contribution >= 4 is 6.03 Å². The number of hydrogen-bond acceptors (Lipinski definition) is 6. The zero-order chi connectivity index (χ0) is 17.5. The van der Waals surface area contributed by atoms with E-state index in [1.165, 1.54) is 4.90 Å². The zero-order valence-corrected chi connectivity index (χ0v) is 14.6. The third kappa shape index (κ3) is 5.31. The fraction of sp³-hybridized carbons (Fsp3) is 0.500. The van der Waals surface area contributed by atoms with Crippen LogP contribution in [0.2, 0.25) is 0 Å². The van der Waals surface area contributed by atoms with Crippen molar-refractivity contribution in [2.75, 3.05) is 34.2 Å². The minimum atomic E-state index is -0.163. The Hall–Kier alpha value is -2.48. The van der Waals surface area contributed by atoms with Crippen LogP contribution < -0.4 is 5.32 Å². The highest BCUT2D eigenvalue weighted by Gasteiger charge is 2.15. The van der Waals surface area contributed by atoms with Gasteiger partial charge >= 0.3 is 6.03 Å². The highest BCUT2D eigenvalue weighted by molar-refractivity contribution is 5.73. The van der Waals surface area contributed by atoms with Crippen molar-refractivity contribution in [1.82, 2.24) is 30.2 Å². The van der Waals surface area contributed by atoms with E-state index in [-0.39, 0.29) is 12.6 Å². The van der Waals surface area contributed by atoms with Gasteiger partial charge in [-0.05, 0) is 32.1 Å². The van der Waals surface area contributed by atoms with Gasteiger partial charge in [-0.2, -0.15) is 4.98 Å². The van der Waals surface area contributed by atoms with Crippen LogP contribution in [0, 0.1) is 5.92 Å². The summed E-state index contributed by atoms with van der Waals surface area (Å²) in [5.74, 6) is 1.25. The van der Waals surface area contributed by atoms with Gasteiger partial charge in [-0.15, -0.1) is 0 Å². The number of hydrogen-bond donors (Lipinski definition) is 1. The first kappa shape index (κ1) is 17.9. The van der Waals surface area contributed by atoms with Gasteiger partial charge in [-0.3, -0.25) is 4.98 Å². The largest absolute Gasteiger partial charge is 0.338 e. The van der Waals surface area contributed by atoms with Gasteiger partial charge in [0.15, 0.2) is 0 Å². The van der Waals surface area contributed by atoms with Gasteiger partial charge < -0.3 is 19.6 Å². The van der Waals surface area contributed by atoms with E-state index >= 15 is 0 Å². The summed E-state index contributed by atoms with van der Waals surface area (Å²) in [5.41, 5.74) is 0.824. The average Bonchev–Trinajstić information content (AvgIpc) is 3.01. The molecule has 2 aromatic heterocycles. The molecule has 0 spiro atoms. The molecule has 0 aromatic carbocycles. The smallest absolute Gasteiger partial charge is 0.317 e. The van der Waals surface area contributed by atoms with E-state index in [1.54, 1.807) is 31.6 Å². The van der Waals surface area contributed by atoms with Crippen molar-refractivity contribution in [3.63, 3.8) is 0 Å². The van der Waals surface area contributed by atoms with Crippen LogP contribution in [-0.4, -0.2) is 65.2 Å². The summed E-state index contributed by atoms with van der Waals surface area (Å²) >= 11 is 0. The number of pyridine rings is 1. The summed E-state index contributed by atoms with van der Waals surface area (Å²) in [7, 11) is 5.73. The lowest BCUT2D eigenvalue weighted by Gasteiger charge is -2.20. The lowest BCUT2D eigenvalue weighted by molar-refractivity contribution is 0.196. The van der Waals surface area contributed by atoms with Crippen molar-refractivity contribution in [3.05, 3.63) is 30.4 Å². The maximum absolute atomic E-state index is 12.1. The van der Waals surface area contributed by atoms with Crippen molar-refractivity contribution in [3.8, 4) is 11.4 Å². The van der Waals surface area contributed by atoms with Gasteiger partial charge in [0.25, 0.3) is 0 Å². The average molecular weight is 332 g/mol. The Labute approximate surface area is 141 Å². The molecule has 0 aliphatic heterocycles. The van der Waals surface area contributed by atoms with Crippen LogP contribution in [0.1, 0.15) is 12.8 Å². The molecule has 0 saturated carbocycles. The predicted octanol–water partition coefficient (Wildman–Crippen LogP) is 1.47. The minimum Gasteiger partial charge on any atom is -0.338 e. The number of nitrogens with one attached hydrogen (secondary N) is 1.